The monoisotopic (exact) mass is 218 g/mol. The van der Waals surface area contributed by atoms with E-state index in [0.717, 1.165) is 0 Å². The molecule has 0 spiro atoms. The molecule has 0 saturated carbocycles. The zero-order valence-corrected chi connectivity index (χ0v) is 9.07. The molecule has 0 fully saturated rings. The standard InChI is InChI=1S/C7H5F3N2OSi/c8-7(9,10)4-1-5(13)12-6(14)3(4)2-11/h1H,14H3,(H,12,13). The maximum atomic E-state index is 12.3. The summed E-state index contributed by atoms with van der Waals surface area (Å²) >= 11 is 0. The summed E-state index contributed by atoms with van der Waals surface area (Å²) in [5, 5.41) is 8.57. The quantitative estimate of drug-likeness (QED) is 0.583. The number of aromatic amines is 1. The number of nitriles is 1. The molecule has 0 saturated heterocycles. The van der Waals surface area contributed by atoms with Gasteiger partial charge in [-0.3, -0.25) is 4.79 Å². The van der Waals surface area contributed by atoms with Gasteiger partial charge in [0, 0.05) is 11.4 Å². The molecule has 0 amide bonds. The van der Waals surface area contributed by atoms with Crippen LogP contribution in [0.25, 0.3) is 0 Å². The number of halogens is 3. The number of rotatable bonds is 0. The van der Waals surface area contributed by atoms with Crippen molar-refractivity contribution in [2.24, 2.45) is 0 Å². The van der Waals surface area contributed by atoms with Crippen molar-refractivity contribution < 1.29 is 13.2 Å². The Hall–Kier alpha value is -1.55. The molecule has 1 heterocycles. The summed E-state index contributed by atoms with van der Waals surface area (Å²) in [6, 6.07) is 1.84. The highest BCUT2D eigenvalue weighted by molar-refractivity contribution is 6.32. The normalized spacial score (nSPS) is 11.3. The van der Waals surface area contributed by atoms with Crippen LogP contribution in [0.15, 0.2) is 10.9 Å². The molecule has 0 radical (unpaired) electrons. The zero-order chi connectivity index (χ0) is 10.9. The predicted octanol–water partition coefficient (Wildman–Crippen LogP) is -0.744. The number of aromatic nitrogens is 1. The molecule has 0 bridgehead atoms. The number of H-pyrrole nitrogens is 1. The molecule has 14 heavy (non-hydrogen) atoms. The Kier molecular flexibility index (Phi) is 2.48. The smallest absolute Gasteiger partial charge is 0.330 e. The second kappa shape index (κ2) is 3.30. The third-order valence-corrected chi connectivity index (χ3v) is 2.40. The lowest BCUT2D eigenvalue weighted by Crippen LogP contribution is -2.27. The van der Waals surface area contributed by atoms with Crippen molar-refractivity contribution in [3.8, 4) is 6.07 Å². The van der Waals surface area contributed by atoms with E-state index in [-0.39, 0.29) is 15.6 Å². The van der Waals surface area contributed by atoms with E-state index in [4.69, 9.17) is 5.26 Å². The molecule has 74 valence electrons. The first-order valence-electron chi connectivity index (χ1n) is 3.57. The molecule has 7 heteroatoms. The molecule has 0 atom stereocenters. The largest absolute Gasteiger partial charge is 0.417 e. The number of nitrogens with one attached hydrogen (secondary N) is 1. The number of alkyl halides is 3. The molecule has 0 aliphatic rings. The molecule has 1 N–H and O–H groups in total. The van der Waals surface area contributed by atoms with Crippen molar-refractivity contribution in [1.29, 1.82) is 5.26 Å². The van der Waals surface area contributed by atoms with Crippen molar-refractivity contribution in [3.05, 3.63) is 27.5 Å². The van der Waals surface area contributed by atoms with Crippen molar-refractivity contribution in [3.63, 3.8) is 0 Å². The average Bonchev–Trinajstić information content (AvgIpc) is 2.01. The Morgan fingerprint density at radius 3 is 2.50 bits per heavy atom. The van der Waals surface area contributed by atoms with E-state index in [1.165, 1.54) is 6.07 Å². The third kappa shape index (κ3) is 1.85. The highest BCUT2D eigenvalue weighted by Crippen LogP contribution is 2.29. The highest BCUT2D eigenvalue weighted by Gasteiger charge is 2.34. The van der Waals surface area contributed by atoms with Crippen LogP contribution in [0.2, 0.25) is 0 Å². The average molecular weight is 218 g/mol. The fraction of sp³-hybridized carbons (Fsp3) is 0.143. The molecule has 0 unspecified atom stereocenters. The first kappa shape index (κ1) is 10.5. The van der Waals surface area contributed by atoms with Gasteiger partial charge in [0.1, 0.15) is 6.07 Å². The van der Waals surface area contributed by atoms with Gasteiger partial charge < -0.3 is 4.98 Å². The number of nitrogens with zero attached hydrogens (tertiary/aromatic N) is 1. The highest BCUT2D eigenvalue weighted by atomic mass is 28.1. The van der Waals surface area contributed by atoms with Crippen LogP contribution in [0.3, 0.4) is 0 Å². The summed E-state index contributed by atoms with van der Waals surface area (Å²) in [4.78, 5) is 13.0. The first-order valence-corrected chi connectivity index (χ1v) is 4.57. The van der Waals surface area contributed by atoms with E-state index in [0.29, 0.717) is 6.07 Å². The summed E-state index contributed by atoms with van der Waals surface area (Å²) in [5.74, 6) is 0. The molecular formula is C7H5F3N2OSi. The van der Waals surface area contributed by atoms with E-state index < -0.39 is 22.9 Å². The Labute approximate surface area is 79.6 Å². The van der Waals surface area contributed by atoms with Gasteiger partial charge in [-0.25, -0.2) is 0 Å². The minimum absolute atomic E-state index is 0.0623. The second-order valence-corrected chi connectivity index (χ2v) is 3.66. The Balaban J connectivity index is 3.59. The lowest BCUT2D eigenvalue weighted by atomic mass is 10.1. The minimum Gasteiger partial charge on any atom is -0.330 e. The van der Waals surface area contributed by atoms with E-state index in [1.807, 2.05) is 0 Å². The van der Waals surface area contributed by atoms with E-state index >= 15 is 0 Å². The predicted molar refractivity (Wildman–Crippen MR) is 46.4 cm³/mol. The SMILES string of the molecule is N#Cc1c(C(F)(F)F)cc(=O)[nH]c1[SiH3]. The van der Waals surface area contributed by atoms with Crippen molar-refractivity contribution in [2.75, 3.05) is 0 Å². The maximum Gasteiger partial charge on any atom is 0.417 e. The van der Waals surface area contributed by atoms with Gasteiger partial charge in [0.15, 0.2) is 0 Å². The summed E-state index contributed by atoms with van der Waals surface area (Å²) in [6.07, 6.45) is -4.65. The molecule has 0 aliphatic heterocycles. The number of pyridine rings is 1. The Morgan fingerprint density at radius 1 is 1.50 bits per heavy atom. The molecule has 3 nitrogen and oxygen atoms in total. The van der Waals surface area contributed by atoms with Crippen LogP contribution in [0.4, 0.5) is 13.2 Å². The topological polar surface area (TPSA) is 56.6 Å². The molecule has 0 aliphatic carbocycles. The molecule has 1 aromatic rings. The van der Waals surface area contributed by atoms with Crippen molar-refractivity contribution in [2.45, 2.75) is 6.18 Å². The van der Waals surface area contributed by atoms with Crippen molar-refractivity contribution >= 4 is 15.6 Å². The fourth-order valence-electron chi connectivity index (χ4n) is 1.06. The van der Waals surface area contributed by atoms with Gasteiger partial charge in [0.25, 0.3) is 0 Å². The van der Waals surface area contributed by atoms with E-state index in [9.17, 15) is 18.0 Å². The van der Waals surface area contributed by atoms with Gasteiger partial charge >= 0.3 is 6.18 Å². The molecule has 0 aromatic carbocycles. The lowest BCUT2D eigenvalue weighted by Gasteiger charge is -2.09. The van der Waals surface area contributed by atoms with Gasteiger partial charge in [0.2, 0.25) is 5.56 Å². The number of hydrogen-bond donors (Lipinski definition) is 1. The van der Waals surface area contributed by atoms with Crippen molar-refractivity contribution in [1.82, 2.24) is 4.98 Å². The lowest BCUT2D eigenvalue weighted by molar-refractivity contribution is -0.137. The number of hydrogen-bond acceptors (Lipinski definition) is 2. The van der Waals surface area contributed by atoms with Gasteiger partial charge in [0.05, 0.1) is 21.4 Å². The van der Waals surface area contributed by atoms with Crippen LogP contribution in [0.5, 0.6) is 0 Å². The summed E-state index contributed by atoms with van der Waals surface area (Å²) in [6.45, 7) is 0. The van der Waals surface area contributed by atoms with Crippen LogP contribution >= 0.6 is 0 Å². The van der Waals surface area contributed by atoms with Crippen LogP contribution in [-0.4, -0.2) is 15.2 Å². The van der Waals surface area contributed by atoms with Crippen LogP contribution in [0.1, 0.15) is 11.1 Å². The molecular weight excluding hydrogens is 213 g/mol. The van der Waals surface area contributed by atoms with Gasteiger partial charge in [-0.05, 0) is 0 Å². The fourth-order valence-corrected chi connectivity index (χ4v) is 1.68. The van der Waals surface area contributed by atoms with E-state index in [1.54, 1.807) is 0 Å². The first-order chi connectivity index (χ1) is 6.36. The summed E-state index contributed by atoms with van der Waals surface area (Å²) in [5.41, 5.74) is -2.47. The summed E-state index contributed by atoms with van der Waals surface area (Å²) in [7, 11) is 0.188. The van der Waals surface area contributed by atoms with Gasteiger partial charge in [-0.1, -0.05) is 0 Å². The van der Waals surface area contributed by atoms with E-state index in [2.05, 4.69) is 4.98 Å². The Bertz CT molecular complexity index is 457. The van der Waals surface area contributed by atoms with Crippen LogP contribution in [-0.2, 0) is 6.18 Å². The molecule has 1 rings (SSSR count). The van der Waals surface area contributed by atoms with Crippen LogP contribution in [0, 0.1) is 11.3 Å². The van der Waals surface area contributed by atoms with Gasteiger partial charge in [-0.2, -0.15) is 18.4 Å². The second-order valence-electron chi connectivity index (χ2n) is 2.66. The minimum atomic E-state index is -4.65. The summed E-state index contributed by atoms with van der Waals surface area (Å²) < 4.78 is 36.9. The maximum absolute atomic E-state index is 12.3. The van der Waals surface area contributed by atoms with Gasteiger partial charge in [-0.15, -0.1) is 0 Å². The Morgan fingerprint density at radius 2 is 2.07 bits per heavy atom. The third-order valence-electron chi connectivity index (χ3n) is 1.65. The van der Waals surface area contributed by atoms with Crippen LogP contribution < -0.4 is 10.9 Å². The zero-order valence-electron chi connectivity index (χ0n) is 7.07. The molecule has 1 aromatic heterocycles.